The van der Waals surface area contributed by atoms with E-state index in [1.807, 2.05) is 0 Å². The van der Waals surface area contributed by atoms with Crippen molar-refractivity contribution in [3.05, 3.63) is 24.3 Å². The van der Waals surface area contributed by atoms with Crippen molar-refractivity contribution < 1.29 is 132 Å². The molecule has 0 spiro atoms. The third kappa shape index (κ3) is 5.97. The fourth-order valence-corrected chi connectivity index (χ4v) is 2.65. The van der Waals surface area contributed by atoms with Crippen LogP contribution in [0.3, 0.4) is 0 Å². The van der Waals surface area contributed by atoms with Crippen LogP contribution < -0.4 is 103 Å². The average Bonchev–Trinajstić information content (AvgIpc) is 2.01. The summed E-state index contributed by atoms with van der Waals surface area (Å²) in [5, 5.41) is 0. The van der Waals surface area contributed by atoms with Crippen molar-refractivity contribution in [2.75, 3.05) is 0 Å². The van der Waals surface area contributed by atoms with Crippen molar-refractivity contribution >= 4 is 20.2 Å². The van der Waals surface area contributed by atoms with Crippen LogP contribution in [-0.2, 0) is 20.2 Å². The molecule has 1 rings (SSSR count). The van der Waals surface area contributed by atoms with Crippen LogP contribution in [0.1, 0.15) is 2.85 Å². The van der Waals surface area contributed by atoms with Crippen molar-refractivity contribution in [1.82, 2.24) is 0 Å². The first-order valence-corrected chi connectivity index (χ1v) is 6.15. The summed E-state index contributed by atoms with van der Waals surface area (Å²) in [6.07, 6.45) is 0. The van der Waals surface area contributed by atoms with Gasteiger partial charge in [0.15, 0.2) is 0 Å². The molecule has 0 aromatic heterocycles. The predicted molar refractivity (Wildman–Crippen MR) is 48.3 cm³/mol. The van der Waals surface area contributed by atoms with Crippen LogP contribution in [-0.4, -0.2) is 25.9 Å². The molecular weight excluding hydrogens is 310 g/mol. The largest absolute Gasteiger partial charge is 1.00 e. The normalized spacial score (nSPS) is 11.1. The molecule has 0 aliphatic carbocycles. The Labute approximate surface area is 182 Å². The van der Waals surface area contributed by atoms with Crippen LogP contribution in [0.5, 0.6) is 0 Å². The van der Waals surface area contributed by atoms with Crippen molar-refractivity contribution in [3.8, 4) is 0 Å². The molecule has 1 aromatic carbocycles. The first kappa shape index (κ1) is 20.6. The molecule has 0 aliphatic heterocycles. The number of benzene rings is 1. The summed E-state index contributed by atoms with van der Waals surface area (Å²) in [6.45, 7) is 0. The molecule has 0 heterocycles. The van der Waals surface area contributed by atoms with E-state index in [2.05, 4.69) is 0 Å². The minimum atomic E-state index is -4.66. The standard InChI is InChI=1S/C6H6O6S2.2K.2H/c7-13(8,9)5-3-1-2-4-6(5)14(10,11)12;;;;/h1-4H,(H,7,8,9)(H,10,11,12);;;;/q;2*+1;2*-1. The topological polar surface area (TPSA) is 109 Å². The summed E-state index contributed by atoms with van der Waals surface area (Å²) in [4.78, 5) is -1.69. The summed E-state index contributed by atoms with van der Waals surface area (Å²) in [5.74, 6) is 0. The van der Waals surface area contributed by atoms with Gasteiger partial charge >= 0.3 is 103 Å². The Kier molecular flexibility index (Phi) is 10.0. The van der Waals surface area contributed by atoms with E-state index in [1.165, 1.54) is 12.1 Å². The third-order valence-corrected chi connectivity index (χ3v) is 3.36. The molecule has 0 saturated carbocycles. The Hall–Kier alpha value is 2.31. The van der Waals surface area contributed by atoms with E-state index in [9.17, 15) is 16.8 Å². The third-order valence-electron chi connectivity index (χ3n) is 1.40. The van der Waals surface area contributed by atoms with Gasteiger partial charge in [-0.3, -0.25) is 9.11 Å². The van der Waals surface area contributed by atoms with Gasteiger partial charge in [-0.25, -0.2) is 0 Å². The van der Waals surface area contributed by atoms with E-state index in [0.29, 0.717) is 0 Å². The second-order valence-electron chi connectivity index (χ2n) is 2.40. The molecule has 0 unspecified atom stereocenters. The van der Waals surface area contributed by atoms with Gasteiger partial charge in [0, 0.05) is 0 Å². The van der Waals surface area contributed by atoms with Crippen LogP contribution in [0.2, 0.25) is 0 Å². The molecule has 6 nitrogen and oxygen atoms in total. The van der Waals surface area contributed by atoms with E-state index < -0.39 is 30.0 Å². The minimum Gasteiger partial charge on any atom is -1.00 e. The van der Waals surface area contributed by atoms with Gasteiger partial charge in [0.2, 0.25) is 0 Å². The monoisotopic (exact) mass is 318 g/mol. The van der Waals surface area contributed by atoms with Gasteiger partial charge in [0.1, 0.15) is 9.79 Å². The number of hydrogen-bond donors (Lipinski definition) is 2. The number of hydrogen-bond acceptors (Lipinski definition) is 4. The Bertz CT molecular complexity index is 508. The molecule has 0 fully saturated rings. The molecule has 0 atom stereocenters. The Morgan fingerprint density at radius 3 is 1.25 bits per heavy atom. The average molecular weight is 318 g/mol. The maximum atomic E-state index is 10.7. The predicted octanol–water partition coefficient (Wildman–Crippen LogP) is -5.59. The van der Waals surface area contributed by atoms with Gasteiger partial charge in [-0.15, -0.1) is 0 Å². The molecule has 10 heteroatoms. The molecule has 2 N–H and O–H groups in total. The second kappa shape index (κ2) is 7.79. The van der Waals surface area contributed by atoms with Gasteiger partial charge in [-0.1, -0.05) is 12.1 Å². The summed E-state index contributed by atoms with van der Waals surface area (Å²) >= 11 is 0. The summed E-state index contributed by atoms with van der Waals surface area (Å²) in [7, 11) is -9.31. The summed E-state index contributed by atoms with van der Waals surface area (Å²) in [6, 6.07) is 4.19. The summed E-state index contributed by atoms with van der Waals surface area (Å²) in [5.41, 5.74) is 0. The van der Waals surface area contributed by atoms with Gasteiger partial charge in [0.05, 0.1) is 0 Å². The van der Waals surface area contributed by atoms with Crippen LogP contribution in [0.15, 0.2) is 34.1 Å². The first-order valence-electron chi connectivity index (χ1n) is 3.27. The van der Waals surface area contributed by atoms with Crippen molar-refractivity contribution in [2.45, 2.75) is 9.79 Å². The van der Waals surface area contributed by atoms with E-state index in [0.717, 1.165) is 12.1 Å². The van der Waals surface area contributed by atoms with Crippen LogP contribution in [0.4, 0.5) is 0 Å². The van der Waals surface area contributed by atoms with Crippen LogP contribution in [0, 0.1) is 0 Å². The van der Waals surface area contributed by atoms with Gasteiger partial charge in [-0.2, -0.15) is 16.8 Å². The fraction of sp³-hybridized carbons (Fsp3) is 0. The smallest absolute Gasteiger partial charge is 1.00 e. The summed E-state index contributed by atoms with van der Waals surface area (Å²) < 4.78 is 60.0. The molecule has 1 aromatic rings. The zero-order chi connectivity index (χ0) is 11.0. The van der Waals surface area contributed by atoms with Gasteiger partial charge in [0.25, 0.3) is 20.2 Å². The molecule has 16 heavy (non-hydrogen) atoms. The molecule has 0 amide bonds. The minimum absolute atomic E-state index is 0. The molecule has 0 aliphatic rings. The van der Waals surface area contributed by atoms with Crippen LogP contribution in [0.25, 0.3) is 0 Å². The van der Waals surface area contributed by atoms with E-state index in [1.54, 1.807) is 0 Å². The first-order chi connectivity index (χ1) is 6.23. The van der Waals surface area contributed by atoms with E-state index in [-0.39, 0.29) is 106 Å². The van der Waals surface area contributed by atoms with Crippen LogP contribution >= 0.6 is 0 Å². The zero-order valence-corrected chi connectivity index (χ0v) is 16.5. The van der Waals surface area contributed by atoms with E-state index in [4.69, 9.17) is 9.11 Å². The van der Waals surface area contributed by atoms with Crippen molar-refractivity contribution in [3.63, 3.8) is 0 Å². The van der Waals surface area contributed by atoms with E-state index >= 15 is 0 Å². The number of rotatable bonds is 2. The zero-order valence-electron chi connectivity index (χ0n) is 10.7. The Morgan fingerprint density at radius 1 is 0.812 bits per heavy atom. The molecule has 0 radical (unpaired) electrons. The molecule has 82 valence electrons. The quantitative estimate of drug-likeness (QED) is 0.416. The maximum absolute atomic E-state index is 10.7. The molecular formula is C6H8K2O6S2. The molecule has 0 saturated heterocycles. The Balaban J connectivity index is -0.000000245. The van der Waals surface area contributed by atoms with Crippen molar-refractivity contribution in [1.29, 1.82) is 0 Å². The fourth-order valence-electron chi connectivity index (χ4n) is 0.876. The molecule has 0 bridgehead atoms. The SMILES string of the molecule is O=S(=O)(O)c1ccccc1S(=O)(=O)O.[H-].[H-].[K+].[K+]. The van der Waals surface area contributed by atoms with Crippen molar-refractivity contribution in [2.24, 2.45) is 0 Å². The van der Waals surface area contributed by atoms with Gasteiger partial charge < -0.3 is 2.85 Å². The second-order valence-corrected chi connectivity index (χ2v) is 5.18. The Morgan fingerprint density at radius 2 is 1.06 bits per heavy atom. The van der Waals surface area contributed by atoms with Gasteiger partial charge in [-0.05, 0) is 12.1 Å². The maximum Gasteiger partial charge on any atom is 1.00 e.